The molecule has 0 aromatic carbocycles. The summed E-state index contributed by atoms with van der Waals surface area (Å²) in [5, 5.41) is 0.0285. The van der Waals surface area contributed by atoms with Gasteiger partial charge in [-0.15, -0.1) is 0 Å². The molecule has 0 bridgehead atoms. The Balaban J connectivity index is 3.60. The molecule has 64 valence electrons. The number of hydrogen-bond acceptors (Lipinski definition) is 4. The lowest BCUT2D eigenvalue weighted by atomic mass is 10.2. The summed E-state index contributed by atoms with van der Waals surface area (Å²) in [5.41, 5.74) is 0. The quantitative estimate of drug-likeness (QED) is 0.603. The van der Waals surface area contributed by atoms with Gasteiger partial charge in [0.2, 0.25) is 0 Å². The summed E-state index contributed by atoms with van der Waals surface area (Å²) in [7, 11) is 1.34. The zero-order valence-corrected chi connectivity index (χ0v) is 7.73. The molecule has 0 aliphatic heterocycles. The number of esters is 1. The summed E-state index contributed by atoms with van der Waals surface area (Å²) >= 11 is 1.14. The second kappa shape index (κ2) is 5.18. The number of ether oxygens (including phenoxy) is 1. The van der Waals surface area contributed by atoms with Gasteiger partial charge in [-0.1, -0.05) is 18.7 Å². The third kappa shape index (κ3) is 4.84. The lowest BCUT2D eigenvalue weighted by Crippen LogP contribution is -2.15. The number of carbonyl (C=O) groups excluding carboxylic acids is 2. The smallest absolute Gasteiger partial charge is 0.309 e. The van der Waals surface area contributed by atoms with Gasteiger partial charge in [-0.05, 0) is 0 Å². The summed E-state index contributed by atoms with van der Waals surface area (Å²) in [6.45, 7) is 3.22. The molecule has 0 rings (SSSR count). The molecule has 0 aromatic rings. The highest BCUT2D eigenvalue weighted by Crippen LogP contribution is 2.09. The van der Waals surface area contributed by atoms with Crippen LogP contribution < -0.4 is 0 Å². The average Bonchev–Trinajstić information content (AvgIpc) is 1.98. The van der Waals surface area contributed by atoms with Crippen molar-refractivity contribution in [2.45, 2.75) is 13.8 Å². The van der Waals surface area contributed by atoms with Gasteiger partial charge < -0.3 is 4.74 Å². The first-order chi connectivity index (χ1) is 5.07. The minimum Gasteiger partial charge on any atom is -0.469 e. The number of hydrogen-bond donors (Lipinski definition) is 0. The lowest BCUT2D eigenvalue weighted by molar-refractivity contribution is -0.143. The third-order valence-corrected chi connectivity index (χ3v) is 2.21. The summed E-state index contributed by atoms with van der Waals surface area (Å²) in [4.78, 5) is 21.2. The molecule has 0 fully saturated rings. The zero-order valence-electron chi connectivity index (χ0n) is 6.92. The highest BCUT2D eigenvalue weighted by Gasteiger charge is 2.13. The van der Waals surface area contributed by atoms with Crippen molar-refractivity contribution < 1.29 is 14.3 Å². The van der Waals surface area contributed by atoms with E-state index in [0.717, 1.165) is 11.8 Å². The maximum absolute atomic E-state index is 10.8. The van der Waals surface area contributed by atoms with Gasteiger partial charge in [-0.3, -0.25) is 9.59 Å². The molecule has 0 spiro atoms. The van der Waals surface area contributed by atoms with Crippen molar-refractivity contribution in [3.05, 3.63) is 0 Å². The SMILES string of the molecule is COC(=O)[C@H](C)CSC(C)=O. The molecule has 1 atom stereocenters. The Hall–Kier alpha value is -0.510. The van der Waals surface area contributed by atoms with Gasteiger partial charge in [-0.2, -0.15) is 0 Å². The van der Waals surface area contributed by atoms with Gasteiger partial charge in [0, 0.05) is 12.7 Å². The van der Waals surface area contributed by atoms with E-state index in [2.05, 4.69) is 4.74 Å². The fraction of sp³-hybridized carbons (Fsp3) is 0.714. The first-order valence-electron chi connectivity index (χ1n) is 3.29. The molecule has 0 radical (unpaired) electrons. The van der Waals surface area contributed by atoms with E-state index >= 15 is 0 Å². The van der Waals surface area contributed by atoms with E-state index in [1.165, 1.54) is 14.0 Å². The number of methoxy groups -OCH3 is 1. The standard InChI is InChI=1S/C7H12O3S/c1-5(7(9)10-3)4-11-6(2)8/h5H,4H2,1-3H3/t5-/m1/s1. The Labute approximate surface area is 70.5 Å². The molecular formula is C7H12O3S. The van der Waals surface area contributed by atoms with Crippen LogP contribution in [0.4, 0.5) is 0 Å². The summed E-state index contributed by atoms with van der Waals surface area (Å²) in [6, 6.07) is 0. The predicted molar refractivity (Wildman–Crippen MR) is 44.3 cm³/mol. The molecule has 3 nitrogen and oxygen atoms in total. The molecule has 0 N–H and O–H groups in total. The van der Waals surface area contributed by atoms with Gasteiger partial charge in [-0.25, -0.2) is 0 Å². The molecular weight excluding hydrogens is 164 g/mol. The Bertz CT molecular complexity index is 156. The molecule has 11 heavy (non-hydrogen) atoms. The van der Waals surface area contributed by atoms with Crippen molar-refractivity contribution in [1.82, 2.24) is 0 Å². The molecule has 0 amide bonds. The molecule has 0 heterocycles. The van der Waals surface area contributed by atoms with Crippen molar-refractivity contribution in [3.63, 3.8) is 0 Å². The minimum absolute atomic E-state index is 0.0285. The fourth-order valence-corrected chi connectivity index (χ4v) is 1.13. The highest BCUT2D eigenvalue weighted by atomic mass is 32.2. The molecule has 0 saturated heterocycles. The molecule has 0 unspecified atom stereocenters. The first-order valence-corrected chi connectivity index (χ1v) is 4.27. The van der Waals surface area contributed by atoms with Crippen LogP contribution in [0.25, 0.3) is 0 Å². The number of carbonyl (C=O) groups is 2. The molecule has 0 aromatic heterocycles. The highest BCUT2D eigenvalue weighted by molar-refractivity contribution is 8.13. The van der Waals surface area contributed by atoms with Gasteiger partial charge in [0.15, 0.2) is 5.12 Å². The van der Waals surface area contributed by atoms with Crippen molar-refractivity contribution >= 4 is 22.8 Å². The average molecular weight is 176 g/mol. The predicted octanol–water partition coefficient (Wildman–Crippen LogP) is 1.08. The lowest BCUT2D eigenvalue weighted by Gasteiger charge is -2.05. The Morgan fingerprint density at radius 3 is 2.45 bits per heavy atom. The van der Waals surface area contributed by atoms with E-state index in [9.17, 15) is 9.59 Å². The topological polar surface area (TPSA) is 43.4 Å². The maximum atomic E-state index is 10.8. The summed E-state index contributed by atoms with van der Waals surface area (Å²) in [6.07, 6.45) is 0. The van der Waals surface area contributed by atoms with E-state index in [-0.39, 0.29) is 17.0 Å². The van der Waals surface area contributed by atoms with E-state index in [4.69, 9.17) is 0 Å². The Morgan fingerprint density at radius 2 is 2.09 bits per heavy atom. The van der Waals surface area contributed by atoms with E-state index in [1.54, 1.807) is 6.92 Å². The second-order valence-corrected chi connectivity index (χ2v) is 3.42. The molecule has 4 heteroatoms. The van der Waals surface area contributed by atoms with Crippen LogP contribution in [-0.2, 0) is 14.3 Å². The number of thioether (sulfide) groups is 1. The van der Waals surface area contributed by atoms with Crippen LogP contribution in [0.2, 0.25) is 0 Å². The normalized spacial score (nSPS) is 12.3. The van der Waals surface area contributed by atoms with Crippen molar-refractivity contribution in [1.29, 1.82) is 0 Å². The van der Waals surface area contributed by atoms with Gasteiger partial charge in [0.1, 0.15) is 0 Å². The van der Waals surface area contributed by atoms with Crippen LogP contribution in [0.3, 0.4) is 0 Å². The Morgan fingerprint density at radius 1 is 1.55 bits per heavy atom. The third-order valence-electron chi connectivity index (χ3n) is 1.14. The van der Waals surface area contributed by atoms with E-state index in [0.29, 0.717) is 5.75 Å². The zero-order chi connectivity index (χ0) is 8.85. The maximum Gasteiger partial charge on any atom is 0.309 e. The monoisotopic (exact) mass is 176 g/mol. The van der Waals surface area contributed by atoms with Crippen molar-refractivity contribution in [2.75, 3.05) is 12.9 Å². The minimum atomic E-state index is -0.265. The van der Waals surface area contributed by atoms with Gasteiger partial charge in [0.25, 0.3) is 0 Å². The molecule has 0 aliphatic carbocycles. The van der Waals surface area contributed by atoms with Crippen LogP contribution in [0.5, 0.6) is 0 Å². The molecule has 0 saturated carbocycles. The van der Waals surface area contributed by atoms with E-state index < -0.39 is 0 Å². The van der Waals surface area contributed by atoms with E-state index in [1.807, 2.05) is 0 Å². The Kier molecular flexibility index (Phi) is 4.94. The van der Waals surface area contributed by atoms with Gasteiger partial charge in [0.05, 0.1) is 13.0 Å². The van der Waals surface area contributed by atoms with Crippen LogP contribution in [0, 0.1) is 5.92 Å². The van der Waals surface area contributed by atoms with Crippen LogP contribution in [0.1, 0.15) is 13.8 Å². The van der Waals surface area contributed by atoms with Gasteiger partial charge >= 0.3 is 5.97 Å². The largest absolute Gasteiger partial charge is 0.469 e. The summed E-state index contributed by atoms with van der Waals surface area (Å²) < 4.78 is 4.48. The van der Waals surface area contributed by atoms with Crippen LogP contribution in [-0.4, -0.2) is 23.9 Å². The first kappa shape index (κ1) is 10.5. The van der Waals surface area contributed by atoms with Crippen molar-refractivity contribution in [2.24, 2.45) is 5.92 Å². The summed E-state index contributed by atoms with van der Waals surface area (Å²) in [5.74, 6) is 0.0369. The fourth-order valence-electron chi connectivity index (χ4n) is 0.512. The van der Waals surface area contributed by atoms with Crippen molar-refractivity contribution in [3.8, 4) is 0 Å². The molecule has 0 aliphatic rings. The number of rotatable bonds is 3. The van der Waals surface area contributed by atoms with Crippen LogP contribution >= 0.6 is 11.8 Å². The van der Waals surface area contributed by atoms with Crippen LogP contribution in [0.15, 0.2) is 0 Å². The second-order valence-electron chi connectivity index (χ2n) is 2.23.